The standard InChI is InChI=1S/C41H38N4OS.Pt/c1-6-47-35-20-28(4)41(29(5)21-35)31-25-43-44(26-31)32-10-9-11-33(23-32)46-34-16-17-37-36-12-7-8-13-38(36)45(39(37)24-34)40-22-30(18-19-42-40)15-14-27(2)3;/h7-13,16-22,25-27H,6,14-15H2,1-5H3;/q-2;+2. The van der Waals surface area contributed by atoms with Crippen molar-refractivity contribution in [3.05, 3.63) is 126 Å². The Morgan fingerprint density at radius 3 is 2.46 bits per heavy atom. The van der Waals surface area contributed by atoms with Gasteiger partial charge in [0.05, 0.1) is 6.20 Å². The molecule has 0 aliphatic rings. The van der Waals surface area contributed by atoms with Crippen molar-refractivity contribution in [2.75, 3.05) is 5.75 Å². The number of hydrogen-bond donors (Lipinski definition) is 0. The average Bonchev–Trinajstić information content (AvgIpc) is 3.67. The van der Waals surface area contributed by atoms with Crippen molar-refractivity contribution in [1.82, 2.24) is 19.3 Å². The summed E-state index contributed by atoms with van der Waals surface area (Å²) in [5, 5.41) is 6.97. The first kappa shape index (κ1) is 33.8. The Morgan fingerprint density at radius 2 is 1.67 bits per heavy atom. The fourth-order valence-corrected chi connectivity index (χ4v) is 7.18. The summed E-state index contributed by atoms with van der Waals surface area (Å²) in [6.07, 6.45) is 8.07. The summed E-state index contributed by atoms with van der Waals surface area (Å²) in [4.78, 5) is 6.10. The van der Waals surface area contributed by atoms with Gasteiger partial charge in [-0.3, -0.25) is 4.68 Å². The number of nitrogens with zero attached hydrogens (tertiary/aromatic N) is 4. The Morgan fingerprint density at radius 1 is 0.875 bits per heavy atom. The second-order valence-corrected chi connectivity index (χ2v) is 13.8. The molecule has 5 nitrogen and oxygen atoms in total. The molecular formula is C41H38N4OPtS. The predicted octanol–water partition coefficient (Wildman–Crippen LogP) is 10.7. The van der Waals surface area contributed by atoms with Crippen molar-refractivity contribution >= 4 is 33.6 Å². The van der Waals surface area contributed by atoms with Gasteiger partial charge in [-0.05, 0) is 102 Å². The molecular weight excluding hydrogens is 792 g/mol. The molecule has 4 aromatic carbocycles. The first-order valence-corrected chi connectivity index (χ1v) is 17.3. The summed E-state index contributed by atoms with van der Waals surface area (Å²) in [5.41, 5.74) is 8.93. The van der Waals surface area contributed by atoms with E-state index in [2.05, 4.69) is 112 Å². The SMILES string of the molecule is CCSc1cc(C)c(-c2cnn(-c3[c-]c(Oc4[c-]c5c(cc4)c4ccccc4n5-c4cc(CCC(C)C)ccn4)ccc3)c2)c(C)c1.[Pt+2]. The molecule has 7 aromatic rings. The quantitative estimate of drug-likeness (QED) is 0.102. The van der Waals surface area contributed by atoms with Crippen LogP contribution in [0.4, 0.5) is 0 Å². The number of aryl methyl sites for hydroxylation is 3. The molecule has 3 aromatic heterocycles. The molecule has 244 valence electrons. The number of aromatic nitrogens is 4. The van der Waals surface area contributed by atoms with Crippen LogP contribution in [0.2, 0.25) is 0 Å². The molecule has 0 fully saturated rings. The molecule has 0 spiro atoms. The van der Waals surface area contributed by atoms with Crippen LogP contribution in [0.5, 0.6) is 11.5 Å². The van der Waals surface area contributed by atoms with Crippen molar-refractivity contribution in [2.24, 2.45) is 5.92 Å². The normalized spacial score (nSPS) is 11.4. The van der Waals surface area contributed by atoms with Gasteiger partial charge in [-0.25, -0.2) is 4.98 Å². The van der Waals surface area contributed by atoms with Gasteiger partial charge in [0, 0.05) is 39.9 Å². The first-order chi connectivity index (χ1) is 22.9. The molecule has 7 rings (SSSR count). The third kappa shape index (κ3) is 6.88. The van der Waals surface area contributed by atoms with E-state index in [0.29, 0.717) is 17.4 Å². The van der Waals surface area contributed by atoms with E-state index in [9.17, 15) is 0 Å². The Balaban J connectivity index is 0.00000401. The molecule has 0 atom stereocenters. The fourth-order valence-electron chi connectivity index (χ4n) is 6.33. The maximum Gasteiger partial charge on any atom is 2.00 e. The van der Waals surface area contributed by atoms with Crippen molar-refractivity contribution < 1.29 is 25.8 Å². The van der Waals surface area contributed by atoms with E-state index in [4.69, 9.17) is 14.8 Å². The van der Waals surface area contributed by atoms with Crippen LogP contribution in [0.15, 0.2) is 102 Å². The number of fused-ring (bicyclic) bond motifs is 3. The zero-order chi connectivity index (χ0) is 32.5. The Kier molecular flexibility index (Phi) is 10.2. The van der Waals surface area contributed by atoms with Gasteiger partial charge in [-0.2, -0.15) is 17.2 Å². The van der Waals surface area contributed by atoms with Crippen LogP contribution in [0, 0.1) is 31.9 Å². The topological polar surface area (TPSA) is 44.9 Å². The Labute approximate surface area is 301 Å². The molecule has 48 heavy (non-hydrogen) atoms. The molecule has 3 heterocycles. The van der Waals surface area contributed by atoms with Crippen LogP contribution >= 0.6 is 11.8 Å². The molecule has 0 unspecified atom stereocenters. The molecule has 7 heteroatoms. The third-order valence-corrected chi connectivity index (χ3v) is 9.37. The summed E-state index contributed by atoms with van der Waals surface area (Å²) in [7, 11) is 0. The number of thioether (sulfide) groups is 1. The third-order valence-electron chi connectivity index (χ3n) is 8.51. The zero-order valence-corrected chi connectivity index (χ0v) is 30.9. The van der Waals surface area contributed by atoms with E-state index >= 15 is 0 Å². The fraction of sp³-hybridized carbons (Fsp3) is 0.220. The number of pyridine rings is 1. The summed E-state index contributed by atoms with van der Waals surface area (Å²) in [6, 6.07) is 34.2. The maximum absolute atomic E-state index is 6.40. The van der Waals surface area contributed by atoms with Crippen LogP contribution in [-0.2, 0) is 27.5 Å². The van der Waals surface area contributed by atoms with Crippen molar-refractivity contribution in [3.63, 3.8) is 0 Å². The monoisotopic (exact) mass is 829 g/mol. The van der Waals surface area contributed by atoms with E-state index in [0.717, 1.165) is 57.5 Å². The van der Waals surface area contributed by atoms with Crippen LogP contribution in [-0.4, -0.2) is 25.1 Å². The van der Waals surface area contributed by atoms with Gasteiger partial charge >= 0.3 is 21.1 Å². The molecule has 0 saturated heterocycles. The largest absolute Gasteiger partial charge is 2.00 e. The van der Waals surface area contributed by atoms with Crippen LogP contribution in [0.25, 0.3) is 44.4 Å². The first-order valence-electron chi connectivity index (χ1n) is 16.3. The summed E-state index contributed by atoms with van der Waals surface area (Å²) in [5.74, 6) is 3.80. The summed E-state index contributed by atoms with van der Waals surface area (Å²) < 4.78 is 10.5. The average molecular weight is 830 g/mol. The van der Waals surface area contributed by atoms with Gasteiger partial charge in [0.1, 0.15) is 5.82 Å². The minimum Gasteiger partial charge on any atom is -0.509 e. The van der Waals surface area contributed by atoms with E-state index in [1.807, 2.05) is 53.1 Å². The minimum absolute atomic E-state index is 0. The number of benzene rings is 4. The van der Waals surface area contributed by atoms with Gasteiger partial charge in [0.15, 0.2) is 0 Å². The second kappa shape index (κ2) is 14.6. The van der Waals surface area contributed by atoms with Crippen molar-refractivity contribution in [2.45, 2.75) is 52.4 Å². The Hall–Kier alpha value is -4.12. The molecule has 0 aliphatic carbocycles. The molecule has 0 saturated carbocycles. The van der Waals surface area contributed by atoms with Crippen LogP contribution in [0.1, 0.15) is 43.9 Å². The van der Waals surface area contributed by atoms with Crippen molar-refractivity contribution in [3.8, 4) is 34.1 Å². The molecule has 0 aliphatic heterocycles. The summed E-state index contributed by atoms with van der Waals surface area (Å²) >= 11 is 1.87. The van der Waals surface area contributed by atoms with Gasteiger partial charge < -0.3 is 9.30 Å². The molecule has 0 radical (unpaired) electrons. The van der Waals surface area contributed by atoms with Gasteiger partial charge in [0.2, 0.25) is 0 Å². The molecule has 0 N–H and O–H groups in total. The van der Waals surface area contributed by atoms with Gasteiger partial charge in [-0.1, -0.05) is 44.5 Å². The molecule has 0 amide bonds. The number of ether oxygens (including phenoxy) is 1. The maximum atomic E-state index is 6.40. The van der Waals surface area contributed by atoms with Crippen LogP contribution < -0.4 is 4.74 Å². The Bertz CT molecular complexity index is 2190. The van der Waals surface area contributed by atoms with Gasteiger partial charge in [0.25, 0.3) is 0 Å². The van der Waals surface area contributed by atoms with Crippen molar-refractivity contribution in [1.29, 1.82) is 0 Å². The van der Waals surface area contributed by atoms with Gasteiger partial charge in [-0.15, -0.1) is 47.5 Å². The zero-order valence-electron chi connectivity index (χ0n) is 27.9. The van der Waals surface area contributed by atoms with E-state index in [-0.39, 0.29) is 21.1 Å². The second-order valence-electron chi connectivity index (χ2n) is 12.4. The minimum atomic E-state index is 0. The molecule has 0 bridgehead atoms. The van der Waals surface area contributed by atoms with E-state index in [1.165, 1.54) is 27.1 Å². The smallest absolute Gasteiger partial charge is 0.509 e. The van der Waals surface area contributed by atoms with E-state index < -0.39 is 0 Å². The number of hydrogen-bond acceptors (Lipinski definition) is 4. The van der Waals surface area contributed by atoms with E-state index in [1.54, 1.807) is 0 Å². The van der Waals surface area contributed by atoms with Crippen LogP contribution in [0.3, 0.4) is 0 Å². The number of para-hydroxylation sites is 1. The summed E-state index contributed by atoms with van der Waals surface area (Å²) in [6.45, 7) is 11.1. The number of rotatable bonds is 10. The predicted molar refractivity (Wildman–Crippen MR) is 194 cm³/mol.